The highest BCUT2D eigenvalue weighted by atomic mass is 32.2. The molecule has 1 saturated carbocycles. The van der Waals surface area contributed by atoms with E-state index in [0.717, 1.165) is 10.9 Å². The van der Waals surface area contributed by atoms with E-state index in [2.05, 4.69) is 36.2 Å². The van der Waals surface area contributed by atoms with Crippen molar-refractivity contribution in [2.24, 2.45) is 0 Å². The molecule has 1 aromatic heterocycles. The molecule has 23 heavy (non-hydrogen) atoms. The van der Waals surface area contributed by atoms with Crippen molar-refractivity contribution >= 4 is 11.8 Å². The molecule has 0 radical (unpaired) electrons. The number of benzene rings is 1. The summed E-state index contributed by atoms with van der Waals surface area (Å²) >= 11 is 1.73. The summed E-state index contributed by atoms with van der Waals surface area (Å²) in [4.78, 5) is 0. The average molecular weight is 332 g/mol. The zero-order valence-corrected chi connectivity index (χ0v) is 14.6. The monoisotopic (exact) mass is 332 g/mol. The predicted molar refractivity (Wildman–Crippen MR) is 93.1 cm³/mol. The molecule has 0 saturated heterocycles. The summed E-state index contributed by atoms with van der Waals surface area (Å²) in [6.45, 7) is 4.68. The Morgan fingerprint density at radius 2 is 1.91 bits per heavy atom. The number of rotatable bonds is 6. The topological polar surface area (TPSA) is 66.0 Å². The molecule has 1 aromatic carbocycles. The number of hydrogen-bond donors (Lipinski definition) is 1. The molecule has 1 fully saturated rings. The minimum absolute atomic E-state index is 0.329. The Hall–Kier alpha value is -1.69. The lowest BCUT2D eigenvalue weighted by atomic mass is 10.0. The Morgan fingerprint density at radius 3 is 2.57 bits per heavy atom. The maximum Gasteiger partial charge on any atom is 0.210 e. The lowest BCUT2D eigenvalue weighted by Crippen LogP contribution is -2.16. The fraction of sp³-hybridized carbons (Fsp3) is 0.529. The highest BCUT2D eigenvalue weighted by molar-refractivity contribution is 7.99. The summed E-state index contributed by atoms with van der Waals surface area (Å²) in [6.07, 6.45) is 5.09. The van der Waals surface area contributed by atoms with Gasteiger partial charge in [0.1, 0.15) is 12.4 Å². The van der Waals surface area contributed by atoms with Crippen molar-refractivity contribution in [1.29, 1.82) is 0 Å². The highest BCUT2D eigenvalue weighted by Crippen LogP contribution is 2.33. The summed E-state index contributed by atoms with van der Waals surface area (Å²) in [5, 5.41) is 9.77. The molecule has 0 aliphatic heterocycles. The van der Waals surface area contributed by atoms with Crippen LogP contribution in [-0.4, -0.2) is 20.1 Å². The first kappa shape index (κ1) is 16.2. The van der Waals surface area contributed by atoms with Crippen LogP contribution in [-0.2, 0) is 6.61 Å². The number of thioether (sulfide) groups is 1. The van der Waals surface area contributed by atoms with Crippen molar-refractivity contribution in [2.75, 3.05) is 5.84 Å². The van der Waals surface area contributed by atoms with Crippen LogP contribution in [0.25, 0.3) is 0 Å². The van der Waals surface area contributed by atoms with Crippen molar-refractivity contribution in [1.82, 2.24) is 14.9 Å². The van der Waals surface area contributed by atoms with Gasteiger partial charge in [-0.25, -0.2) is 4.68 Å². The van der Waals surface area contributed by atoms with Crippen LogP contribution in [0.1, 0.15) is 56.8 Å². The van der Waals surface area contributed by atoms with Gasteiger partial charge in [0.2, 0.25) is 5.16 Å². The standard InChI is InChI=1S/C17H24N4OS/c1-12(2)13-7-9-14(10-8-13)22-11-16-19-20-17(21(16)18)23-15-5-3-4-6-15/h7-10,12,15H,3-6,11,18H2,1-2H3. The third-order valence-corrected chi connectivity index (χ3v) is 5.52. The fourth-order valence-corrected chi connectivity index (χ4v) is 3.91. The smallest absolute Gasteiger partial charge is 0.210 e. The fourth-order valence-electron chi connectivity index (χ4n) is 2.74. The van der Waals surface area contributed by atoms with E-state index in [0.29, 0.717) is 23.6 Å². The molecular weight excluding hydrogens is 308 g/mol. The zero-order valence-electron chi connectivity index (χ0n) is 13.7. The minimum atomic E-state index is 0.329. The molecule has 0 amide bonds. The van der Waals surface area contributed by atoms with Crippen LogP contribution in [0.5, 0.6) is 5.75 Å². The molecule has 0 atom stereocenters. The molecular formula is C17H24N4OS. The summed E-state index contributed by atoms with van der Waals surface area (Å²) in [7, 11) is 0. The van der Waals surface area contributed by atoms with Crippen LogP contribution >= 0.6 is 11.8 Å². The average Bonchev–Trinajstić information content (AvgIpc) is 3.18. The van der Waals surface area contributed by atoms with Crippen LogP contribution in [0, 0.1) is 0 Å². The lowest BCUT2D eigenvalue weighted by Gasteiger charge is -2.10. The first-order chi connectivity index (χ1) is 11.1. The Balaban J connectivity index is 1.58. The molecule has 2 N–H and O–H groups in total. The van der Waals surface area contributed by atoms with Gasteiger partial charge >= 0.3 is 0 Å². The Bertz CT molecular complexity index is 633. The third kappa shape index (κ3) is 3.99. The molecule has 5 nitrogen and oxygen atoms in total. The van der Waals surface area contributed by atoms with Crippen LogP contribution in [0.15, 0.2) is 29.4 Å². The Morgan fingerprint density at radius 1 is 1.22 bits per heavy atom. The van der Waals surface area contributed by atoms with Gasteiger partial charge in [0.05, 0.1) is 0 Å². The van der Waals surface area contributed by atoms with Crippen molar-refractivity contribution in [3.05, 3.63) is 35.7 Å². The van der Waals surface area contributed by atoms with Gasteiger partial charge in [-0.15, -0.1) is 10.2 Å². The molecule has 3 rings (SSSR count). The van der Waals surface area contributed by atoms with Crippen LogP contribution in [0.4, 0.5) is 0 Å². The molecule has 1 aliphatic rings. The number of nitrogens with two attached hydrogens (primary N) is 1. The van der Waals surface area contributed by atoms with Crippen LogP contribution in [0.3, 0.4) is 0 Å². The van der Waals surface area contributed by atoms with Gasteiger partial charge < -0.3 is 10.6 Å². The van der Waals surface area contributed by atoms with Gasteiger partial charge in [-0.05, 0) is 36.5 Å². The van der Waals surface area contributed by atoms with Crippen LogP contribution < -0.4 is 10.6 Å². The maximum absolute atomic E-state index is 6.10. The summed E-state index contributed by atoms with van der Waals surface area (Å²) < 4.78 is 7.34. The summed E-state index contributed by atoms with van der Waals surface area (Å²) in [5.74, 6) is 8.09. The second-order valence-corrected chi connectivity index (χ2v) is 7.57. The van der Waals surface area contributed by atoms with Crippen molar-refractivity contribution in [2.45, 2.75) is 62.5 Å². The lowest BCUT2D eigenvalue weighted by molar-refractivity contribution is 0.291. The molecule has 124 valence electrons. The van der Waals surface area contributed by atoms with E-state index < -0.39 is 0 Å². The first-order valence-corrected chi connectivity index (χ1v) is 9.10. The van der Waals surface area contributed by atoms with E-state index in [1.54, 1.807) is 16.4 Å². The zero-order chi connectivity index (χ0) is 16.2. The molecule has 2 aromatic rings. The normalized spacial score (nSPS) is 15.4. The van der Waals surface area contributed by atoms with E-state index in [1.165, 1.54) is 31.2 Å². The predicted octanol–water partition coefficient (Wildman–Crippen LogP) is 3.73. The van der Waals surface area contributed by atoms with Gasteiger partial charge in [-0.1, -0.05) is 50.6 Å². The van der Waals surface area contributed by atoms with E-state index >= 15 is 0 Å². The quantitative estimate of drug-likeness (QED) is 0.817. The molecule has 1 heterocycles. The van der Waals surface area contributed by atoms with E-state index in [1.807, 2.05) is 12.1 Å². The van der Waals surface area contributed by atoms with Gasteiger partial charge in [0.25, 0.3) is 0 Å². The minimum Gasteiger partial charge on any atom is -0.486 e. The largest absolute Gasteiger partial charge is 0.486 e. The maximum atomic E-state index is 6.10. The van der Waals surface area contributed by atoms with E-state index in [4.69, 9.17) is 10.6 Å². The summed E-state index contributed by atoms with van der Waals surface area (Å²) in [6, 6.07) is 8.16. The Labute approximate surface area is 141 Å². The number of nitrogens with zero attached hydrogens (tertiary/aromatic N) is 3. The van der Waals surface area contributed by atoms with Crippen molar-refractivity contribution in [3.63, 3.8) is 0 Å². The number of nitrogen functional groups attached to an aromatic ring is 1. The number of hydrogen-bond acceptors (Lipinski definition) is 5. The van der Waals surface area contributed by atoms with Crippen molar-refractivity contribution < 1.29 is 4.74 Å². The molecule has 0 spiro atoms. The highest BCUT2D eigenvalue weighted by Gasteiger charge is 2.20. The molecule has 1 aliphatic carbocycles. The third-order valence-electron chi connectivity index (χ3n) is 4.22. The first-order valence-electron chi connectivity index (χ1n) is 8.22. The van der Waals surface area contributed by atoms with Gasteiger partial charge in [0, 0.05) is 5.25 Å². The van der Waals surface area contributed by atoms with Gasteiger partial charge in [-0.2, -0.15) is 0 Å². The second-order valence-electron chi connectivity index (χ2n) is 6.31. The Kier molecular flexibility index (Phi) is 5.10. The van der Waals surface area contributed by atoms with Crippen LogP contribution in [0.2, 0.25) is 0 Å². The second kappa shape index (κ2) is 7.25. The molecule has 0 bridgehead atoms. The van der Waals surface area contributed by atoms with E-state index in [9.17, 15) is 0 Å². The van der Waals surface area contributed by atoms with Gasteiger partial charge in [0.15, 0.2) is 5.82 Å². The SMILES string of the molecule is CC(C)c1ccc(OCc2nnc(SC3CCCC3)n2N)cc1. The number of ether oxygens (including phenoxy) is 1. The number of aromatic nitrogens is 3. The summed E-state index contributed by atoms with van der Waals surface area (Å²) in [5.41, 5.74) is 1.30. The molecule has 6 heteroatoms. The van der Waals surface area contributed by atoms with Gasteiger partial charge in [-0.3, -0.25) is 0 Å². The van der Waals surface area contributed by atoms with E-state index in [-0.39, 0.29) is 0 Å². The molecule has 0 unspecified atom stereocenters. The van der Waals surface area contributed by atoms with Crippen molar-refractivity contribution in [3.8, 4) is 5.75 Å².